The van der Waals surface area contributed by atoms with Gasteiger partial charge in [0.1, 0.15) is 18.0 Å². The molecule has 1 aromatic heterocycles. The molecule has 1 unspecified atom stereocenters. The lowest BCUT2D eigenvalue weighted by atomic mass is 10.1. The second-order valence-electron chi connectivity index (χ2n) is 5.63. The van der Waals surface area contributed by atoms with E-state index in [1.165, 1.54) is 18.5 Å². The molecule has 1 N–H and O–H groups in total. The Bertz CT molecular complexity index is 639. The van der Waals surface area contributed by atoms with Crippen molar-refractivity contribution in [3.8, 4) is 0 Å². The number of halogens is 1. The lowest BCUT2D eigenvalue weighted by Gasteiger charge is -2.39. The number of nitrogens with zero attached hydrogens (tertiary/aromatic N) is 4. The van der Waals surface area contributed by atoms with Crippen LogP contribution in [0.3, 0.4) is 0 Å². The number of rotatable bonds is 4. The number of fused-ring (bicyclic) bond motifs is 1. The third kappa shape index (κ3) is 2.89. The van der Waals surface area contributed by atoms with Crippen LogP contribution in [-0.4, -0.2) is 58.8 Å². The van der Waals surface area contributed by atoms with E-state index >= 15 is 0 Å². The smallest absolute Gasteiger partial charge is 0.140 e. The van der Waals surface area contributed by atoms with Crippen molar-refractivity contribution < 1.29 is 9.50 Å². The summed E-state index contributed by atoms with van der Waals surface area (Å²) in [6.45, 7) is 5.67. The van der Waals surface area contributed by atoms with Gasteiger partial charge in [-0.1, -0.05) is 6.92 Å². The van der Waals surface area contributed by atoms with E-state index < -0.39 is 0 Å². The number of aliphatic hydroxyl groups excluding tert-OH is 1. The van der Waals surface area contributed by atoms with Gasteiger partial charge in [-0.25, -0.2) is 14.4 Å². The van der Waals surface area contributed by atoms with Crippen LogP contribution >= 0.6 is 0 Å². The maximum Gasteiger partial charge on any atom is 0.140 e. The van der Waals surface area contributed by atoms with Crippen LogP contribution in [0.2, 0.25) is 0 Å². The number of piperazine rings is 1. The molecular weight excluding hydrogens is 283 g/mol. The number of anilines is 1. The Hall–Kier alpha value is -1.79. The van der Waals surface area contributed by atoms with Crippen LogP contribution in [0.5, 0.6) is 0 Å². The molecule has 1 saturated heterocycles. The van der Waals surface area contributed by atoms with E-state index in [0.717, 1.165) is 49.3 Å². The van der Waals surface area contributed by atoms with Gasteiger partial charge in [0.05, 0.1) is 12.1 Å². The molecule has 1 aliphatic rings. The molecule has 0 radical (unpaired) electrons. The molecule has 1 aromatic carbocycles. The van der Waals surface area contributed by atoms with Crippen LogP contribution in [0.4, 0.5) is 10.2 Å². The van der Waals surface area contributed by atoms with Crippen LogP contribution in [0.1, 0.15) is 13.3 Å². The van der Waals surface area contributed by atoms with E-state index in [0.29, 0.717) is 0 Å². The van der Waals surface area contributed by atoms with Gasteiger partial charge >= 0.3 is 0 Å². The molecule has 1 fully saturated rings. The van der Waals surface area contributed by atoms with Crippen molar-refractivity contribution in [3.05, 3.63) is 30.3 Å². The van der Waals surface area contributed by atoms with Gasteiger partial charge in [0, 0.05) is 37.6 Å². The second kappa shape index (κ2) is 6.54. The van der Waals surface area contributed by atoms with Crippen molar-refractivity contribution in [1.29, 1.82) is 0 Å². The van der Waals surface area contributed by atoms with Gasteiger partial charge < -0.3 is 10.0 Å². The van der Waals surface area contributed by atoms with Crippen molar-refractivity contribution in [1.82, 2.24) is 14.9 Å². The van der Waals surface area contributed by atoms with Gasteiger partial charge in [0.2, 0.25) is 0 Å². The number of hydrogen-bond donors (Lipinski definition) is 1. The van der Waals surface area contributed by atoms with E-state index in [2.05, 4.69) is 26.7 Å². The lowest BCUT2D eigenvalue weighted by molar-refractivity contribution is 0.114. The Morgan fingerprint density at radius 1 is 1.23 bits per heavy atom. The van der Waals surface area contributed by atoms with Gasteiger partial charge in [-0.3, -0.25) is 4.90 Å². The summed E-state index contributed by atoms with van der Waals surface area (Å²) in [5, 5.41) is 10.2. The summed E-state index contributed by atoms with van der Waals surface area (Å²) in [6, 6.07) is 4.83. The SMILES string of the molecule is CCC(CO)N1CCN(c2ncnc3ccc(F)cc23)CC1. The number of benzene rings is 1. The third-order valence-corrected chi connectivity index (χ3v) is 4.39. The first-order valence-corrected chi connectivity index (χ1v) is 7.73. The zero-order valence-electron chi connectivity index (χ0n) is 12.7. The summed E-state index contributed by atoms with van der Waals surface area (Å²) in [7, 11) is 0. The van der Waals surface area contributed by atoms with Crippen molar-refractivity contribution in [2.45, 2.75) is 19.4 Å². The average molecular weight is 304 g/mol. The summed E-state index contributed by atoms with van der Waals surface area (Å²) in [5.41, 5.74) is 0.760. The third-order valence-electron chi connectivity index (χ3n) is 4.39. The maximum absolute atomic E-state index is 13.5. The zero-order chi connectivity index (χ0) is 15.5. The van der Waals surface area contributed by atoms with E-state index in [4.69, 9.17) is 0 Å². The Morgan fingerprint density at radius 2 is 2.00 bits per heavy atom. The largest absolute Gasteiger partial charge is 0.395 e. The highest BCUT2D eigenvalue weighted by atomic mass is 19.1. The molecule has 0 bridgehead atoms. The van der Waals surface area contributed by atoms with Gasteiger partial charge in [-0.05, 0) is 24.6 Å². The van der Waals surface area contributed by atoms with Crippen LogP contribution < -0.4 is 4.90 Å². The minimum atomic E-state index is -0.270. The van der Waals surface area contributed by atoms with Crippen LogP contribution in [-0.2, 0) is 0 Å². The highest BCUT2D eigenvalue weighted by Gasteiger charge is 2.24. The Balaban J connectivity index is 1.80. The molecule has 22 heavy (non-hydrogen) atoms. The summed E-state index contributed by atoms with van der Waals surface area (Å²) in [6.07, 6.45) is 2.47. The summed E-state index contributed by atoms with van der Waals surface area (Å²) in [5.74, 6) is 0.523. The van der Waals surface area contributed by atoms with E-state index in [1.807, 2.05) is 0 Å². The molecule has 5 nitrogen and oxygen atoms in total. The quantitative estimate of drug-likeness (QED) is 0.931. The summed E-state index contributed by atoms with van der Waals surface area (Å²) < 4.78 is 13.5. The molecule has 0 amide bonds. The molecule has 0 aliphatic carbocycles. The Labute approximate surface area is 129 Å². The topological polar surface area (TPSA) is 52.5 Å². The fourth-order valence-electron chi connectivity index (χ4n) is 3.07. The molecule has 0 spiro atoms. The van der Waals surface area contributed by atoms with Crippen molar-refractivity contribution in [2.24, 2.45) is 0 Å². The normalized spacial score (nSPS) is 17.9. The van der Waals surface area contributed by atoms with Gasteiger partial charge in [0.25, 0.3) is 0 Å². The van der Waals surface area contributed by atoms with Crippen molar-refractivity contribution >= 4 is 16.7 Å². The first-order valence-electron chi connectivity index (χ1n) is 7.73. The monoisotopic (exact) mass is 304 g/mol. The molecule has 1 atom stereocenters. The molecule has 2 aromatic rings. The molecule has 3 rings (SSSR count). The summed E-state index contributed by atoms with van der Waals surface area (Å²) >= 11 is 0. The van der Waals surface area contributed by atoms with Crippen LogP contribution in [0.15, 0.2) is 24.5 Å². The van der Waals surface area contributed by atoms with Gasteiger partial charge in [-0.15, -0.1) is 0 Å². The Kier molecular flexibility index (Phi) is 4.49. The number of aromatic nitrogens is 2. The standard InChI is InChI=1S/C16H21FN4O/c1-2-13(10-22)20-5-7-21(8-6-20)16-14-9-12(17)3-4-15(14)18-11-19-16/h3-4,9,11,13,22H,2,5-8,10H2,1H3. The average Bonchev–Trinajstić information content (AvgIpc) is 2.56. The highest BCUT2D eigenvalue weighted by Crippen LogP contribution is 2.25. The number of aliphatic hydroxyl groups is 1. The fraction of sp³-hybridized carbons (Fsp3) is 0.500. The first-order chi connectivity index (χ1) is 10.7. The van der Waals surface area contributed by atoms with E-state index in [1.54, 1.807) is 6.07 Å². The van der Waals surface area contributed by atoms with Gasteiger partial charge in [-0.2, -0.15) is 0 Å². The van der Waals surface area contributed by atoms with Crippen LogP contribution in [0.25, 0.3) is 10.9 Å². The lowest BCUT2D eigenvalue weighted by Crippen LogP contribution is -2.51. The first kappa shape index (κ1) is 15.1. The molecule has 1 aliphatic heterocycles. The zero-order valence-corrected chi connectivity index (χ0v) is 12.7. The van der Waals surface area contributed by atoms with Gasteiger partial charge in [0.15, 0.2) is 0 Å². The fourth-order valence-corrected chi connectivity index (χ4v) is 3.07. The molecule has 0 saturated carbocycles. The van der Waals surface area contributed by atoms with E-state index in [9.17, 15) is 9.50 Å². The minimum absolute atomic E-state index is 0.193. The molecule has 118 valence electrons. The van der Waals surface area contributed by atoms with Crippen LogP contribution in [0, 0.1) is 5.82 Å². The van der Waals surface area contributed by atoms with Crippen molar-refractivity contribution in [2.75, 3.05) is 37.7 Å². The molecule has 2 heterocycles. The summed E-state index contributed by atoms with van der Waals surface area (Å²) in [4.78, 5) is 13.0. The highest BCUT2D eigenvalue weighted by molar-refractivity contribution is 5.89. The predicted octanol–water partition coefficient (Wildman–Crippen LogP) is 1.66. The Morgan fingerprint density at radius 3 is 2.68 bits per heavy atom. The predicted molar refractivity (Wildman–Crippen MR) is 84.4 cm³/mol. The minimum Gasteiger partial charge on any atom is -0.395 e. The maximum atomic E-state index is 13.5. The molecular formula is C16H21FN4O. The van der Waals surface area contributed by atoms with E-state index in [-0.39, 0.29) is 18.5 Å². The second-order valence-corrected chi connectivity index (χ2v) is 5.63. The number of hydrogen-bond acceptors (Lipinski definition) is 5. The molecule has 6 heteroatoms. The van der Waals surface area contributed by atoms with Crippen molar-refractivity contribution in [3.63, 3.8) is 0 Å².